The van der Waals surface area contributed by atoms with Crippen LogP contribution in [-0.4, -0.2) is 29.7 Å². The van der Waals surface area contributed by atoms with Gasteiger partial charge in [0.2, 0.25) is 0 Å². The molecule has 1 aromatic carbocycles. The van der Waals surface area contributed by atoms with Crippen LogP contribution in [0.2, 0.25) is 0 Å². The number of benzene rings is 1. The van der Waals surface area contributed by atoms with Crippen molar-refractivity contribution in [2.75, 3.05) is 13.1 Å². The molecule has 3 nitrogen and oxygen atoms in total. The van der Waals surface area contributed by atoms with Crippen LogP contribution in [0.4, 0.5) is 13.2 Å². The predicted molar refractivity (Wildman–Crippen MR) is 67.7 cm³/mol. The van der Waals surface area contributed by atoms with E-state index in [0.29, 0.717) is 15.0 Å². The van der Waals surface area contributed by atoms with Gasteiger partial charge in [0.1, 0.15) is 0 Å². The topological polar surface area (TPSA) is 37.4 Å². The van der Waals surface area contributed by atoms with Crippen molar-refractivity contribution >= 4 is 33.1 Å². The van der Waals surface area contributed by atoms with E-state index in [0.717, 1.165) is 23.5 Å². The first-order chi connectivity index (χ1) is 9.34. The average molecular weight is 299 g/mol. The van der Waals surface area contributed by atoms with Gasteiger partial charge in [0.15, 0.2) is 5.78 Å². The van der Waals surface area contributed by atoms with Gasteiger partial charge in [0, 0.05) is 4.70 Å². The fourth-order valence-corrected chi connectivity index (χ4v) is 3.06. The number of carbonyl (C=O) groups excluding carboxylic acids is 2. The lowest BCUT2D eigenvalue weighted by molar-refractivity contribution is -0.137. The lowest BCUT2D eigenvalue weighted by Crippen LogP contribution is -2.50. The third-order valence-electron chi connectivity index (χ3n) is 3.08. The van der Waals surface area contributed by atoms with Crippen molar-refractivity contribution in [1.82, 2.24) is 4.90 Å². The number of likely N-dealkylation sites (tertiary alicyclic amines) is 1. The van der Waals surface area contributed by atoms with Crippen molar-refractivity contribution < 1.29 is 22.8 Å². The van der Waals surface area contributed by atoms with Crippen molar-refractivity contribution in [2.24, 2.45) is 0 Å². The number of amides is 1. The zero-order valence-corrected chi connectivity index (χ0v) is 10.8. The van der Waals surface area contributed by atoms with Gasteiger partial charge in [0.25, 0.3) is 5.91 Å². The van der Waals surface area contributed by atoms with Gasteiger partial charge >= 0.3 is 6.18 Å². The number of carbonyl (C=O) groups is 2. The normalized spacial score (nSPS) is 15.6. The summed E-state index contributed by atoms with van der Waals surface area (Å²) < 4.78 is 38.2. The molecule has 0 N–H and O–H groups in total. The Kier molecular flexibility index (Phi) is 2.82. The Morgan fingerprint density at radius 2 is 1.90 bits per heavy atom. The van der Waals surface area contributed by atoms with Gasteiger partial charge in [-0.1, -0.05) is 6.07 Å². The fourth-order valence-electron chi connectivity index (χ4n) is 1.99. The van der Waals surface area contributed by atoms with E-state index in [1.807, 2.05) is 0 Å². The Morgan fingerprint density at radius 3 is 2.50 bits per heavy atom. The van der Waals surface area contributed by atoms with Crippen molar-refractivity contribution in [1.29, 1.82) is 0 Å². The van der Waals surface area contributed by atoms with E-state index in [1.165, 1.54) is 11.0 Å². The van der Waals surface area contributed by atoms with Crippen LogP contribution in [0.3, 0.4) is 0 Å². The van der Waals surface area contributed by atoms with Crippen LogP contribution in [0.1, 0.15) is 15.2 Å². The molecule has 3 rings (SSSR count). The molecule has 104 valence electrons. The minimum atomic E-state index is -4.40. The van der Waals surface area contributed by atoms with E-state index in [4.69, 9.17) is 0 Å². The molecule has 0 bridgehead atoms. The molecule has 0 saturated carbocycles. The molecule has 0 spiro atoms. The molecule has 0 unspecified atom stereocenters. The zero-order chi connectivity index (χ0) is 14.5. The van der Waals surface area contributed by atoms with E-state index >= 15 is 0 Å². The highest BCUT2D eigenvalue weighted by Gasteiger charge is 2.32. The lowest BCUT2D eigenvalue weighted by atomic mass is 10.1. The second-order valence-corrected chi connectivity index (χ2v) is 5.64. The summed E-state index contributed by atoms with van der Waals surface area (Å²) in [4.78, 5) is 24.6. The third kappa shape index (κ3) is 2.18. The van der Waals surface area contributed by atoms with Crippen molar-refractivity contribution in [2.45, 2.75) is 6.18 Å². The summed E-state index contributed by atoms with van der Waals surface area (Å²) in [6.07, 6.45) is -4.40. The summed E-state index contributed by atoms with van der Waals surface area (Å²) in [6, 6.07) is 4.95. The van der Waals surface area contributed by atoms with E-state index < -0.39 is 11.7 Å². The van der Waals surface area contributed by atoms with Crippen LogP contribution in [0.15, 0.2) is 24.3 Å². The van der Waals surface area contributed by atoms with Gasteiger partial charge in [-0.05, 0) is 23.6 Å². The summed E-state index contributed by atoms with van der Waals surface area (Å²) in [5.74, 6) is -0.321. The van der Waals surface area contributed by atoms with Gasteiger partial charge in [-0.3, -0.25) is 9.59 Å². The number of nitrogens with zero attached hydrogens (tertiary/aromatic N) is 1. The maximum Gasteiger partial charge on any atom is 0.416 e. The zero-order valence-electron chi connectivity index (χ0n) is 10.0. The summed E-state index contributed by atoms with van der Waals surface area (Å²) in [7, 11) is 0. The minimum absolute atomic E-state index is 0.0150. The second-order valence-electron chi connectivity index (χ2n) is 4.56. The van der Waals surface area contributed by atoms with E-state index in [2.05, 4.69) is 0 Å². The molecule has 1 aromatic heterocycles. The van der Waals surface area contributed by atoms with Crippen LogP contribution in [0, 0.1) is 0 Å². The summed E-state index contributed by atoms with van der Waals surface area (Å²) in [5, 5.41) is 0.596. The number of ketones is 1. The highest BCUT2D eigenvalue weighted by molar-refractivity contribution is 7.20. The Labute approximate surface area is 115 Å². The second kappa shape index (κ2) is 4.31. The fraction of sp³-hybridized carbons (Fsp3) is 0.231. The standard InChI is InChI=1S/C13H8F3NO2S/c14-13(15,16)8-2-1-7-3-11(20-10(7)4-8)12(19)17-5-9(18)6-17/h1-4H,5-6H2. The number of alkyl halides is 3. The Morgan fingerprint density at radius 1 is 1.20 bits per heavy atom. The van der Waals surface area contributed by atoms with Crippen molar-refractivity contribution in [3.8, 4) is 0 Å². The molecule has 1 aliphatic heterocycles. The third-order valence-corrected chi connectivity index (χ3v) is 4.17. The number of hydrogen-bond donors (Lipinski definition) is 0. The maximum absolute atomic E-state index is 12.6. The average Bonchev–Trinajstić information content (AvgIpc) is 2.75. The first-order valence-electron chi connectivity index (χ1n) is 5.76. The maximum atomic E-state index is 12.6. The Bertz CT molecular complexity index is 712. The minimum Gasteiger partial charge on any atom is -0.323 e. The van der Waals surface area contributed by atoms with Gasteiger partial charge in [-0.25, -0.2) is 0 Å². The highest BCUT2D eigenvalue weighted by atomic mass is 32.1. The molecule has 0 aliphatic carbocycles. The summed E-state index contributed by atoms with van der Waals surface area (Å²) in [5.41, 5.74) is -0.732. The summed E-state index contributed by atoms with van der Waals surface area (Å²) >= 11 is 1.01. The number of fused-ring (bicyclic) bond motifs is 1. The molecule has 1 amide bonds. The quantitative estimate of drug-likeness (QED) is 0.812. The number of thiophene rings is 1. The molecular formula is C13H8F3NO2S. The Hall–Kier alpha value is -1.89. The number of rotatable bonds is 1. The molecule has 20 heavy (non-hydrogen) atoms. The molecule has 1 fully saturated rings. The molecule has 1 saturated heterocycles. The molecule has 2 aromatic rings. The number of Topliss-reactive ketones (excluding diaryl/α,β-unsaturated/α-hetero) is 1. The Balaban J connectivity index is 1.94. The van der Waals surface area contributed by atoms with Crippen LogP contribution in [-0.2, 0) is 11.0 Å². The van der Waals surface area contributed by atoms with Gasteiger partial charge in [-0.15, -0.1) is 11.3 Å². The van der Waals surface area contributed by atoms with Gasteiger partial charge in [-0.2, -0.15) is 13.2 Å². The van der Waals surface area contributed by atoms with E-state index in [9.17, 15) is 22.8 Å². The van der Waals surface area contributed by atoms with Crippen LogP contribution in [0.25, 0.3) is 10.1 Å². The summed E-state index contributed by atoms with van der Waals surface area (Å²) in [6.45, 7) is 0.168. The van der Waals surface area contributed by atoms with E-state index in [1.54, 1.807) is 6.07 Å². The highest BCUT2D eigenvalue weighted by Crippen LogP contribution is 2.34. The lowest BCUT2D eigenvalue weighted by Gasteiger charge is -2.28. The van der Waals surface area contributed by atoms with Crippen LogP contribution in [0.5, 0.6) is 0 Å². The molecule has 0 radical (unpaired) electrons. The molecule has 0 atom stereocenters. The SMILES string of the molecule is O=C1CN(C(=O)c2cc3ccc(C(F)(F)F)cc3s2)C1. The van der Waals surface area contributed by atoms with E-state index in [-0.39, 0.29) is 24.8 Å². The monoisotopic (exact) mass is 299 g/mol. The van der Waals surface area contributed by atoms with Crippen molar-refractivity contribution in [3.63, 3.8) is 0 Å². The molecule has 1 aliphatic rings. The first-order valence-corrected chi connectivity index (χ1v) is 6.58. The van der Waals surface area contributed by atoms with Gasteiger partial charge < -0.3 is 4.90 Å². The van der Waals surface area contributed by atoms with Crippen LogP contribution >= 0.6 is 11.3 Å². The number of halogens is 3. The van der Waals surface area contributed by atoms with Crippen LogP contribution < -0.4 is 0 Å². The number of hydrogen-bond acceptors (Lipinski definition) is 3. The molecular weight excluding hydrogens is 291 g/mol. The molecule has 2 heterocycles. The molecule has 7 heteroatoms. The predicted octanol–water partition coefficient (Wildman–Crippen LogP) is 2.95. The van der Waals surface area contributed by atoms with Gasteiger partial charge in [0.05, 0.1) is 23.5 Å². The largest absolute Gasteiger partial charge is 0.416 e. The first kappa shape index (κ1) is 13.1. The van der Waals surface area contributed by atoms with Crippen molar-refractivity contribution in [3.05, 3.63) is 34.7 Å². The smallest absolute Gasteiger partial charge is 0.323 e.